The van der Waals surface area contributed by atoms with Crippen LogP contribution in [0, 0.1) is 0 Å². The molecule has 3 fully saturated rings. The van der Waals surface area contributed by atoms with Crippen molar-refractivity contribution in [2.24, 2.45) is 0 Å². The lowest BCUT2D eigenvalue weighted by atomic mass is 10.1. The van der Waals surface area contributed by atoms with Gasteiger partial charge in [-0.05, 0) is 46.6 Å². The molecule has 3 aliphatic heterocycles. The molecule has 0 aromatic carbocycles. The van der Waals surface area contributed by atoms with Crippen LogP contribution in [-0.2, 0) is 16.0 Å². The molecule has 2 N–H and O–H groups in total. The molecule has 2 aromatic rings. The molecule has 11 heteroatoms. The van der Waals surface area contributed by atoms with E-state index >= 15 is 0 Å². The monoisotopic (exact) mass is 511 g/mol. The van der Waals surface area contributed by atoms with Gasteiger partial charge in [-0.15, -0.1) is 0 Å². The van der Waals surface area contributed by atoms with E-state index in [9.17, 15) is 9.59 Å². The van der Waals surface area contributed by atoms with Crippen LogP contribution in [0.5, 0.6) is 0 Å². The van der Waals surface area contributed by atoms with Gasteiger partial charge in [-0.3, -0.25) is 9.89 Å². The van der Waals surface area contributed by atoms with Gasteiger partial charge in [-0.2, -0.15) is 5.10 Å². The highest BCUT2D eigenvalue weighted by Gasteiger charge is 2.35. The molecule has 0 spiro atoms. The molecular formula is C26H37N7O4. The minimum Gasteiger partial charge on any atom is -0.444 e. The molecule has 5 rings (SSSR count). The predicted octanol–water partition coefficient (Wildman–Crippen LogP) is 2.55. The summed E-state index contributed by atoms with van der Waals surface area (Å²) in [5.74, 6) is 0.695. The predicted molar refractivity (Wildman–Crippen MR) is 139 cm³/mol. The van der Waals surface area contributed by atoms with Crippen LogP contribution < -0.4 is 15.1 Å². The lowest BCUT2D eigenvalue weighted by Crippen LogP contribution is -2.55. The second-order valence-corrected chi connectivity index (χ2v) is 11.2. The van der Waals surface area contributed by atoms with E-state index in [0.717, 1.165) is 43.0 Å². The Hall–Kier alpha value is -3.34. The number of carbonyl (C=O) groups is 2. The number of fused-ring (bicyclic) bond motifs is 2. The first-order valence-electron chi connectivity index (χ1n) is 13.1. The molecule has 2 aromatic heterocycles. The summed E-state index contributed by atoms with van der Waals surface area (Å²) < 4.78 is 11.6. The van der Waals surface area contributed by atoms with Crippen molar-refractivity contribution in [2.45, 2.75) is 70.9 Å². The third-order valence-corrected chi connectivity index (χ3v) is 7.09. The first-order valence-corrected chi connectivity index (χ1v) is 13.1. The van der Waals surface area contributed by atoms with Crippen LogP contribution in [0.15, 0.2) is 24.5 Å². The number of pyridine rings is 1. The van der Waals surface area contributed by atoms with Gasteiger partial charge in [0, 0.05) is 75.0 Å². The Morgan fingerprint density at radius 3 is 2.59 bits per heavy atom. The van der Waals surface area contributed by atoms with Gasteiger partial charge >= 0.3 is 6.09 Å². The zero-order valence-electron chi connectivity index (χ0n) is 22.1. The SMILES string of the molecule is C[C@@H]1CN(C(=O)OC(C)(C)C)CCN1c1cc(N2CC3CCC(C2)O3)ncc1CNC(=O)c1ccn[nH]1. The summed E-state index contributed by atoms with van der Waals surface area (Å²) >= 11 is 0. The van der Waals surface area contributed by atoms with E-state index < -0.39 is 5.60 Å². The molecule has 3 saturated heterocycles. The van der Waals surface area contributed by atoms with Crippen molar-refractivity contribution in [1.29, 1.82) is 0 Å². The first-order chi connectivity index (χ1) is 17.7. The summed E-state index contributed by atoms with van der Waals surface area (Å²) in [5.41, 5.74) is 1.82. The molecule has 200 valence electrons. The summed E-state index contributed by atoms with van der Waals surface area (Å²) in [5, 5.41) is 9.54. The highest BCUT2D eigenvalue weighted by Crippen LogP contribution is 2.33. The zero-order valence-corrected chi connectivity index (χ0v) is 22.1. The van der Waals surface area contributed by atoms with Crippen LogP contribution in [0.2, 0.25) is 0 Å². The molecule has 0 radical (unpaired) electrons. The second-order valence-electron chi connectivity index (χ2n) is 11.2. The number of rotatable bonds is 5. The van der Waals surface area contributed by atoms with Gasteiger partial charge in [-0.25, -0.2) is 9.78 Å². The minimum absolute atomic E-state index is 0.0550. The number of hydrogen-bond donors (Lipinski definition) is 2. The lowest BCUT2D eigenvalue weighted by molar-refractivity contribution is 0.0218. The molecule has 3 aliphatic rings. The highest BCUT2D eigenvalue weighted by molar-refractivity contribution is 5.92. The number of nitrogens with one attached hydrogen (secondary N) is 2. The standard InChI is InChI=1S/C26H37N7O4/c1-17-14-31(25(35)37-26(2,3)4)9-10-33(17)22-11-23(32-15-19-5-6-20(16-32)36-19)27-12-18(22)13-28-24(34)21-7-8-29-30-21/h7-8,11-12,17,19-20H,5-6,9-10,13-16H2,1-4H3,(H,28,34)(H,29,30)/t17-,19?,20?/m1/s1. The van der Waals surface area contributed by atoms with E-state index in [1.165, 1.54) is 0 Å². The fourth-order valence-corrected chi connectivity index (χ4v) is 5.30. The van der Waals surface area contributed by atoms with Gasteiger partial charge in [0.05, 0.1) is 12.2 Å². The normalized spacial score (nSPS) is 23.8. The smallest absolute Gasteiger partial charge is 0.410 e. The molecule has 2 amide bonds. The van der Waals surface area contributed by atoms with Crippen molar-refractivity contribution in [2.75, 3.05) is 42.5 Å². The maximum atomic E-state index is 12.7. The molecule has 5 heterocycles. The number of ether oxygens (including phenoxy) is 2. The van der Waals surface area contributed by atoms with Crippen LogP contribution >= 0.6 is 0 Å². The average molecular weight is 512 g/mol. The van der Waals surface area contributed by atoms with Crippen LogP contribution in [0.1, 0.15) is 56.6 Å². The van der Waals surface area contributed by atoms with E-state index in [-0.39, 0.29) is 30.3 Å². The van der Waals surface area contributed by atoms with Gasteiger partial charge in [-0.1, -0.05) is 0 Å². The quantitative estimate of drug-likeness (QED) is 0.629. The maximum absolute atomic E-state index is 12.7. The van der Waals surface area contributed by atoms with Crippen molar-refractivity contribution < 1.29 is 19.1 Å². The number of piperazine rings is 1. The van der Waals surface area contributed by atoms with Gasteiger partial charge in [0.2, 0.25) is 0 Å². The van der Waals surface area contributed by atoms with Gasteiger partial charge in [0.15, 0.2) is 0 Å². The van der Waals surface area contributed by atoms with E-state index in [4.69, 9.17) is 14.5 Å². The molecule has 11 nitrogen and oxygen atoms in total. The summed E-state index contributed by atoms with van der Waals surface area (Å²) in [4.78, 5) is 36.4. The Labute approximate surface area is 217 Å². The number of aromatic nitrogens is 3. The largest absolute Gasteiger partial charge is 0.444 e. The molecule has 0 saturated carbocycles. The molecule has 2 unspecified atom stereocenters. The Bertz CT molecular complexity index is 1100. The number of aromatic amines is 1. The van der Waals surface area contributed by atoms with E-state index in [2.05, 4.69) is 38.3 Å². The van der Waals surface area contributed by atoms with Gasteiger partial charge < -0.3 is 29.5 Å². The lowest BCUT2D eigenvalue weighted by Gasteiger charge is -2.42. The fourth-order valence-electron chi connectivity index (χ4n) is 5.30. The van der Waals surface area contributed by atoms with Crippen LogP contribution in [-0.4, -0.2) is 88.7 Å². The van der Waals surface area contributed by atoms with E-state index in [0.29, 0.717) is 31.9 Å². The third-order valence-electron chi connectivity index (χ3n) is 7.09. The van der Waals surface area contributed by atoms with Crippen molar-refractivity contribution in [3.05, 3.63) is 35.8 Å². The van der Waals surface area contributed by atoms with Crippen molar-refractivity contribution in [3.8, 4) is 0 Å². The van der Waals surface area contributed by atoms with Crippen molar-refractivity contribution in [1.82, 2.24) is 25.4 Å². The second kappa shape index (κ2) is 10.2. The molecule has 3 atom stereocenters. The number of anilines is 2. The Morgan fingerprint density at radius 2 is 1.95 bits per heavy atom. The molecule has 37 heavy (non-hydrogen) atoms. The number of carbonyl (C=O) groups excluding carboxylic acids is 2. The summed E-state index contributed by atoms with van der Waals surface area (Å²) in [6, 6.07) is 3.82. The van der Waals surface area contributed by atoms with Crippen molar-refractivity contribution in [3.63, 3.8) is 0 Å². The topological polar surface area (TPSA) is 116 Å². The fraction of sp³-hybridized carbons (Fsp3) is 0.615. The Kier molecular flexibility index (Phi) is 6.98. The summed E-state index contributed by atoms with van der Waals surface area (Å²) in [6.45, 7) is 11.5. The first kappa shape index (κ1) is 25.3. The van der Waals surface area contributed by atoms with E-state index in [1.807, 2.05) is 27.0 Å². The highest BCUT2D eigenvalue weighted by atomic mass is 16.6. The Balaban J connectivity index is 1.36. The van der Waals surface area contributed by atoms with Crippen LogP contribution in [0.4, 0.5) is 16.3 Å². The van der Waals surface area contributed by atoms with Crippen LogP contribution in [0.3, 0.4) is 0 Å². The number of amides is 2. The summed E-state index contributed by atoms with van der Waals surface area (Å²) in [6.07, 6.45) is 5.83. The van der Waals surface area contributed by atoms with Crippen LogP contribution in [0.25, 0.3) is 0 Å². The molecular weight excluding hydrogens is 474 g/mol. The number of morpholine rings is 1. The number of hydrogen-bond acceptors (Lipinski definition) is 8. The maximum Gasteiger partial charge on any atom is 0.410 e. The van der Waals surface area contributed by atoms with Gasteiger partial charge in [0.25, 0.3) is 5.91 Å². The minimum atomic E-state index is -0.533. The number of H-pyrrole nitrogens is 1. The number of nitrogens with zero attached hydrogens (tertiary/aromatic N) is 5. The molecule has 2 bridgehead atoms. The molecule has 0 aliphatic carbocycles. The Morgan fingerprint density at radius 1 is 1.19 bits per heavy atom. The third kappa shape index (κ3) is 5.82. The zero-order chi connectivity index (χ0) is 26.2. The van der Waals surface area contributed by atoms with E-state index in [1.54, 1.807) is 17.2 Å². The van der Waals surface area contributed by atoms with Gasteiger partial charge in [0.1, 0.15) is 17.1 Å². The average Bonchev–Trinajstić information content (AvgIpc) is 3.51. The summed E-state index contributed by atoms with van der Waals surface area (Å²) in [7, 11) is 0. The van der Waals surface area contributed by atoms with Crippen molar-refractivity contribution >= 4 is 23.5 Å².